The molecule has 4 atom stereocenters. The van der Waals surface area contributed by atoms with Gasteiger partial charge in [0.2, 0.25) is 11.8 Å². The van der Waals surface area contributed by atoms with Gasteiger partial charge >= 0.3 is 0 Å². The summed E-state index contributed by atoms with van der Waals surface area (Å²) in [5.41, 5.74) is 0.927. The first kappa shape index (κ1) is 17.7. The third-order valence-corrected chi connectivity index (χ3v) is 6.76. The molecule has 2 saturated carbocycles. The van der Waals surface area contributed by atoms with Gasteiger partial charge in [0.15, 0.2) is 0 Å². The first-order valence-corrected chi connectivity index (χ1v) is 10.0. The monoisotopic (exact) mass is 417 g/mol. The van der Waals surface area contributed by atoms with Gasteiger partial charge in [-0.1, -0.05) is 28.1 Å². The second-order valence-electron chi connectivity index (χ2n) is 7.61. The zero-order valence-electron chi connectivity index (χ0n) is 14.8. The lowest BCUT2D eigenvalue weighted by atomic mass is 9.81. The van der Waals surface area contributed by atoms with Crippen LogP contribution in [0.3, 0.4) is 0 Å². The average molecular weight is 418 g/mol. The lowest BCUT2D eigenvalue weighted by Gasteiger charge is -2.26. The molecule has 1 aromatic carbocycles. The molecule has 0 aliphatic heterocycles. The number of allylic oxidation sites excluding steroid dienone is 2. The minimum Gasteiger partial charge on any atom is -0.355 e. The molecule has 3 aliphatic rings. The van der Waals surface area contributed by atoms with Gasteiger partial charge in [-0.15, -0.1) is 0 Å². The average Bonchev–Trinajstić information content (AvgIpc) is 3.30. The van der Waals surface area contributed by atoms with Crippen LogP contribution in [0.4, 0.5) is 5.69 Å². The van der Waals surface area contributed by atoms with Crippen molar-refractivity contribution in [1.29, 1.82) is 0 Å². The number of carbonyl (C=O) groups is 2. The van der Waals surface area contributed by atoms with Gasteiger partial charge in [-0.25, -0.2) is 0 Å². The summed E-state index contributed by atoms with van der Waals surface area (Å²) in [6, 6.07) is 7.56. The van der Waals surface area contributed by atoms with E-state index in [1.54, 1.807) is 0 Å². The van der Waals surface area contributed by atoms with Crippen LogP contribution in [0, 0.1) is 29.1 Å². The summed E-state index contributed by atoms with van der Waals surface area (Å²) in [5, 5.41) is 9.07. The van der Waals surface area contributed by atoms with E-state index in [1.165, 1.54) is 0 Å². The first-order chi connectivity index (χ1) is 12.6. The van der Waals surface area contributed by atoms with E-state index in [1.807, 2.05) is 31.3 Å². The Morgan fingerprint density at radius 2 is 1.65 bits per heavy atom. The summed E-state index contributed by atoms with van der Waals surface area (Å²) in [6.45, 7) is 1.31. The molecule has 6 heteroatoms. The fourth-order valence-corrected chi connectivity index (χ4v) is 5.16. The number of benzene rings is 1. The summed E-state index contributed by atoms with van der Waals surface area (Å²) in [5.74, 6) is -0.195. The van der Waals surface area contributed by atoms with Crippen LogP contribution in [-0.2, 0) is 9.59 Å². The predicted molar refractivity (Wildman–Crippen MR) is 104 cm³/mol. The predicted octanol–water partition coefficient (Wildman–Crippen LogP) is 2.55. The van der Waals surface area contributed by atoms with Crippen LogP contribution in [-0.4, -0.2) is 32.0 Å². The smallest absolute Gasteiger partial charge is 0.228 e. The molecule has 0 saturated heterocycles. The number of nitrogens with one attached hydrogen (secondary N) is 3. The zero-order valence-corrected chi connectivity index (χ0v) is 16.4. The maximum absolute atomic E-state index is 13.1. The van der Waals surface area contributed by atoms with Crippen molar-refractivity contribution >= 4 is 33.4 Å². The number of rotatable bonds is 6. The second kappa shape index (κ2) is 6.82. The maximum atomic E-state index is 13.1. The molecule has 2 amide bonds. The third kappa shape index (κ3) is 2.89. The molecular weight excluding hydrogens is 394 g/mol. The molecule has 3 aliphatic carbocycles. The van der Waals surface area contributed by atoms with Crippen LogP contribution < -0.4 is 16.0 Å². The van der Waals surface area contributed by atoms with Crippen molar-refractivity contribution in [2.24, 2.45) is 29.1 Å². The molecule has 0 unspecified atom stereocenters. The number of halogens is 1. The molecule has 0 radical (unpaired) electrons. The molecule has 4 rings (SSSR count). The van der Waals surface area contributed by atoms with Crippen molar-refractivity contribution in [1.82, 2.24) is 10.6 Å². The van der Waals surface area contributed by atoms with Gasteiger partial charge in [0, 0.05) is 23.2 Å². The molecule has 1 aromatic rings. The topological polar surface area (TPSA) is 70.2 Å². The number of carbonyl (C=O) groups excluding carboxylic acids is 2. The highest BCUT2D eigenvalue weighted by Crippen LogP contribution is 2.72. The number of hydrogen-bond donors (Lipinski definition) is 3. The number of hydrogen-bond acceptors (Lipinski definition) is 3. The standard InChI is InChI=1S/C20H24BrN3O2/c1-22-10-11-23-18(25)16-14-6-7-15(20(14)8-9-20)17(16)19(26)24-13-4-2-12(21)3-5-13/h2-7,14-17,22H,8-11H2,1H3,(H,23,25)(H,24,26)/t14-,15-,16-,17-/m1/s1. The number of anilines is 1. The fraction of sp³-hybridized carbons (Fsp3) is 0.500. The molecule has 2 fully saturated rings. The maximum Gasteiger partial charge on any atom is 0.228 e. The van der Waals surface area contributed by atoms with Crippen molar-refractivity contribution < 1.29 is 9.59 Å². The second-order valence-corrected chi connectivity index (χ2v) is 8.53. The molecule has 3 N–H and O–H groups in total. The van der Waals surface area contributed by atoms with Gasteiger partial charge in [0.25, 0.3) is 0 Å². The van der Waals surface area contributed by atoms with Gasteiger partial charge in [-0.2, -0.15) is 0 Å². The fourth-order valence-electron chi connectivity index (χ4n) is 4.90. The van der Waals surface area contributed by atoms with E-state index in [0.717, 1.165) is 29.5 Å². The molecule has 2 bridgehead atoms. The molecule has 1 spiro atoms. The molecular formula is C20H24BrN3O2. The lowest BCUT2D eigenvalue weighted by molar-refractivity contribution is -0.132. The van der Waals surface area contributed by atoms with E-state index >= 15 is 0 Å². The minimum atomic E-state index is -0.286. The Kier molecular flexibility index (Phi) is 4.65. The summed E-state index contributed by atoms with van der Waals surface area (Å²) >= 11 is 3.41. The molecule has 0 heterocycles. The van der Waals surface area contributed by atoms with Crippen LogP contribution in [0.2, 0.25) is 0 Å². The first-order valence-electron chi connectivity index (χ1n) is 9.24. The molecule has 0 aromatic heterocycles. The Morgan fingerprint density at radius 3 is 2.23 bits per heavy atom. The van der Waals surface area contributed by atoms with Gasteiger partial charge in [-0.3, -0.25) is 9.59 Å². The van der Waals surface area contributed by atoms with E-state index < -0.39 is 0 Å². The van der Waals surface area contributed by atoms with Crippen LogP contribution in [0.1, 0.15) is 12.8 Å². The van der Waals surface area contributed by atoms with Crippen molar-refractivity contribution in [3.8, 4) is 0 Å². The number of likely N-dealkylation sites (N-methyl/N-ethyl adjacent to an activating group) is 1. The Hall–Kier alpha value is -1.66. The van der Waals surface area contributed by atoms with Crippen LogP contribution >= 0.6 is 15.9 Å². The molecule has 138 valence electrons. The van der Waals surface area contributed by atoms with E-state index in [4.69, 9.17) is 0 Å². The Bertz CT molecular complexity index is 742. The van der Waals surface area contributed by atoms with E-state index in [-0.39, 0.29) is 40.9 Å². The largest absolute Gasteiger partial charge is 0.355 e. The third-order valence-electron chi connectivity index (χ3n) is 6.23. The highest BCUT2D eigenvalue weighted by molar-refractivity contribution is 9.10. The summed E-state index contributed by atoms with van der Waals surface area (Å²) in [4.78, 5) is 26.0. The van der Waals surface area contributed by atoms with Crippen molar-refractivity contribution in [2.45, 2.75) is 12.8 Å². The van der Waals surface area contributed by atoms with E-state index in [9.17, 15) is 9.59 Å². The van der Waals surface area contributed by atoms with Crippen LogP contribution in [0.5, 0.6) is 0 Å². The SMILES string of the molecule is CNCCNC(=O)[C@H]1[C@H](C(=O)Nc2ccc(Br)cc2)[C@H]2C=C[C@H]1C21CC1. The molecule has 26 heavy (non-hydrogen) atoms. The summed E-state index contributed by atoms with van der Waals surface area (Å²) < 4.78 is 0.970. The van der Waals surface area contributed by atoms with Gasteiger partial charge in [0.1, 0.15) is 0 Å². The van der Waals surface area contributed by atoms with Gasteiger partial charge in [0.05, 0.1) is 11.8 Å². The summed E-state index contributed by atoms with van der Waals surface area (Å²) in [7, 11) is 1.86. The summed E-state index contributed by atoms with van der Waals surface area (Å²) in [6.07, 6.45) is 6.61. The van der Waals surface area contributed by atoms with Crippen molar-refractivity contribution in [3.63, 3.8) is 0 Å². The highest BCUT2D eigenvalue weighted by Gasteiger charge is 2.69. The van der Waals surface area contributed by atoms with Gasteiger partial charge in [-0.05, 0) is 61.4 Å². The quantitative estimate of drug-likeness (QED) is 0.491. The molecule has 5 nitrogen and oxygen atoms in total. The Morgan fingerprint density at radius 1 is 1.04 bits per heavy atom. The Labute approximate surface area is 162 Å². The van der Waals surface area contributed by atoms with E-state index in [2.05, 4.69) is 44.0 Å². The zero-order chi connectivity index (χ0) is 18.3. The lowest BCUT2D eigenvalue weighted by Crippen LogP contribution is -2.43. The minimum absolute atomic E-state index is 0.0133. The number of amides is 2. The van der Waals surface area contributed by atoms with Crippen LogP contribution in [0.15, 0.2) is 40.9 Å². The van der Waals surface area contributed by atoms with E-state index in [0.29, 0.717) is 6.54 Å². The normalized spacial score (nSPS) is 29.8. The highest BCUT2D eigenvalue weighted by atomic mass is 79.9. The van der Waals surface area contributed by atoms with Crippen molar-refractivity contribution in [3.05, 3.63) is 40.9 Å². The van der Waals surface area contributed by atoms with Crippen molar-refractivity contribution in [2.75, 3.05) is 25.5 Å². The Balaban J connectivity index is 1.54. The van der Waals surface area contributed by atoms with Crippen LogP contribution in [0.25, 0.3) is 0 Å². The van der Waals surface area contributed by atoms with Gasteiger partial charge < -0.3 is 16.0 Å².